The van der Waals surface area contributed by atoms with E-state index in [9.17, 15) is 14.4 Å². The molecule has 2 aromatic carbocycles. The number of benzene rings is 2. The Hall–Kier alpha value is -2.75. The van der Waals surface area contributed by atoms with Crippen molar-refractivity contribution >= 4 is 17.5 Å². The van der Waals surface area contributed by atoms with Crippen molar-refractivity contribution in [2.75, 3.05) is 0 Å². The number of Topliss-reactive ketones (excluding diaryl/α,β-unsaturated/α-hetero) is 2. The number of ketones is 2. The summed E-state index contributed by atoms with van der Waals surface area (Å²) >= 11 is 0. The number of carboxylic acid groups (broad SMARTS) is 1. The monoisotopic (exact) mass is 282 g/mol. The lowest BCUT2D eigenvalue weighted by molar-refractivity contribution is -0.148. The summed E-state index contributed by atoms with van der Waals surface area (Å²) in [6.45, 7) is 0. The summed E-state index contributed by atoms with van der Waals surface area (Å²) in [6.07, 6.45) is 0.150. The van der Waals surface area contributed by atoms with Crippen LogP contribution in [0.4, 0.5) is 0 Å². The van der Waals surface area contributed by atoms with Gasteiger partial charge in [-0.25, -0.2) is 4.79 Å². The van der Waals surface area contributed by atoms with Gasteiger partial charge < -0.3 is 5.11 Å². The van der Waals surface area contributed by atoms with Crippen LogP contribution in [0.1, 0.15) is 27.9 Å². The molecule has 0 amide bonds. The summed E-state index contributed by atoms with van der Waals surface area (Å²) in [7, 11) is 0. The zero-order valence-corrected chi connectivity index (χ0v) is 11.3. The Labute approximate surface area is 122 Å². The standard InChI is InChI=1S/C17H14O4/c18-15(11-16(19)17(20)21)14-8-6-13(7-9-14)10-12-4-2-1-3-5-12/h1-9H,10-11H2,(H,20,21). The quantitative estimate of drug-likeness (QED) is 0.502. The van der Waals surface area contributed by atoms with E-state index in [4.69, 9.17) is 5.11 Å². The molecule has 0 saturated heterocycles. The normalized spacial score (nSPS) is 10.1. The smallest absolute Gasteiger partial charge is 0.372 e. The van der Waals surface area contributed by atoms with Gasteiger partial charge >= 0.3 is 5.97 Å². The molecule has 106 valence electrons. The van der Waals surface area contributed by atoms with E-state index >= 15 is 0 Å². The highest BCUT2D eigenvalue weighted by molar-refractivity contribution is 6.37. The van der Waals surface area contributed by atoms with E-state index in [1.165, 1.54) is 0 Å². The third-order valence-corrected chi connectivity index (χ3v) is 3.09. The minimum Gasteiger partial charge on any atom is -0.475 e. The molecule has 0 bridgehead atoms. The van der Waals surface area contributed by atoms with Gasteiger partial charge in [0, 0.05) is 5.56 Å². The summed E-state index contributed by atoms with van der Waals surface area (Å²) in [5.41, 5.74) is 2.56. The Balaban J connectivity index is 2.03. The van der Waals surface area contributed by atoms with Crippen LogP contribution in [0.2, 0.25) is 0 Å². The molecule has 0 heterocycles. The molecule has 2 rings (SSSR count). The molecular formula is C17H14O4. The molecule has 0 aliphatic rings. The second-order valence-corrected chi connectivity index (χ2v) is 4.69. The van der Waals surface area contributed by atoms with E-state index in [1.807, 2.05) is 42.5 Å². The molecule has 0 aliphatic heterocycles. The predicted octanol–water partition coefficient (Wildman–Crippen LogP) is 2.50. The van der Waals surface area contributed by atoms with Crippen molar-refractivity contribution < 1.29 is 19.5 Å². The maximum atomic E-state index is 11.7. The number of carbonyl (C=O) groups is 3. The Bertz CT molecular complexity index is 657. The van der Waals surface area contributed by atoms with Crippen LogP contribution in [0.5, 0.6) is 0 Å². The van der Waals surface area contributed by atoms with Gasteiger partial charge in [-0.15, -0.1) is 0 Å². The van der Waals surface area contributed by atoms with Crippen LogP contribution in [-0.4, -0.2) is 22.6 Å². The van der Waals surface area contributed by atoms with Gasteiger partial charge in [0.05, 0.1) is 6.42 Å². The fraction of sp³-hybridized carbons (Fsp3) is 0.118. The highest BCUT2D eigenvalue weighted by Crippen LogP contribution is 2.12. The Kier molecular flexibility index (Phi) is 4.61. The molecule has 4 heteroatoms. The van der Waals surface area contributed by atoms with E-state index in [0.717, 1.165) is 17.5 Å². The number of carboxylic acids is 1. The molecule has 0 aliphatic carbocycles. The number of hydrogen-bond donors (Lipinski definition) is 1. The van der Waals surface area contributed by atoms with Crippen molar-refractivity contribution in [3.8, 4) is 0 Å². The molecule has 0 fully saturated rings. The maximum Gasteiger partial charge on any atom is 0.372 e. The molecule has 0 radical (unpaired) electrons. The van der Waals surface area contributed by atoms with E-state index < -0.39 is 24.0 Å². The summed E-state index contributed by atoms with van der Waals surface area (Å²) in [4.78, 5) is 33.2. The third-order valence-electron chi connectivity index (χ3n) is 3.09. The first-order valence-electron chi connectivity index (χ1n) is 6.48. The molecule has 0 unspecified atom stereocenters. The lowest BCUT2D eigenvalue weighted by Gasteiger charge is -2.03. The Morgan fingerprint density at radius 3 is 1.95 bits per heavy atom. The molecule has 4 nitrogen and oxygen atoms in total. The van der Waals surface area contributed by atoms with Crippen LogP contribution in [-0.2, 0) is 16.0 Å². The molecular weight excluding hydrogens is 268 g/mol. The van der Waals surface area contributed by atoms with Gasteiger partial charge in [-0.05, 0) is 17.5 Å². The highest BCUT2D eigenvalue weighted by Gasteiger charge is 2.17. The number of rotatable bonds is 6. The minimum absolute atomic E-state index is 0.349. The molecule has 0 atom stereocenters. The predicted molar refractivity (Wildman–Crippen MR) is 77.3 cm³/mol. The molecule has 0 aromatic heterocycles. The van der Waals surface area contributed by atoms with Gasteiger partial charge in [0.15, 0.2) is 5.78 Å². The molecule has 1 N–H and O–H groups in total. The van der Waals surface area contributed by atoms with Crippen molar-refractivity contribution in [2.24, 2.45) is 0 Å². The van der Waals surface area contributed by atoms with Crippen LogP contribution in [0, 0.1) is 0 Å². The summed E-state index contributed by atoms with van der Waals surface area (Å²) in [6, 6.07) is 16.8. The van der Waals surface area contributed by atoms with Gasteiger partial charge in [0.2, 0.25) is 5.78 Å². The van der Waals surface area contributed by atoms with Gasteiger partial charge in [0.25, 0.3) is 0 Å². The zero-order chi connectivity index (χ0) is 15.2. The van der Waals surface area contributed by atoms with Crippen molar-refractivity contribution in [1.82, 2.24) is 0 Å². The van der Waals surface area contributed by atoms with Crippen LogP contribution < -0.4 is 0 Å². The molecule has 2 aromatic rings. The van der Waals surface area contributed by atoms with Crippen molar-refractivity contribution in [3.63, 3.8) is 0 Å². The fourth-order valence-electron chi connectivity index (χ4n) is 1.96. The first-order valence-corrected chi connectivity index (χ1v) is 6.48. The summed E-state index contributed by atoms with van der Waals surface area (Å²) in [5, 5.41) is 8.48. The van der Waals surface area contributed by atoms with Crippen molar-refractivity contribution in [3.05, 3.63) is 71.3 Å². The molecule has 0 spiro atoms. The van der Waals surface area contributed by atoms with Gasteiger partial charge in [-0.2, -0.15) is 0 Å². The van der Waals surface area contributed by atoms with E-state index in [2.05, 4.69) is 0 Å². The Morgan fingerprint density at radius 1 is 0.810 bits per heavy atom. The van der Waals surface area contributed by atoms with Gasteiger partial charge in [-0.1, -0.05) is 54.6 Å². The third kappa shape index (κ3) is 4.11. The lowest BCUT2D eigenvalue weighted by Crippen LogP contribution is -2.17. The van der Waals surface area contributed by atoms with Gasteiger partial charge in [-0.3, -0.25) is 9.59 Å². The van der Waals surface area contributed by atoms with Crippen molar-refractivity contribution in [1.29, 1.82) is 0 Å². The topological polar surface area (TPSA) is 71.4 Å². The number of carbonyl (C=O) groups excluding carboxylic acids is 2. The highest BCUT2D eigenvalue weighted by atomic mass is 16.4. The largest absolute Gasteiger partial charge is 0.475 e. The molecule has 0 saturated carbocycles. The minimum atomic E-state index is -1.58. The van der Waals surface area contributed by atoms with E-state index in [0.29, 0.717) is 5.56 Å². The summed E-state index contributed by atoms with van der Waals surface area (Å²) < 4.78 is 0. The zero-order valence-electron chi connectivity index (χ0n) is 11.3. The number of hydrogen-bond acceptors (Lipinski definition) is 3. The average Bonchev–Trinajstić information content (AvgIpc) is 2.48. The second-order valence-electron chi connectivity index (χ2n) is 4.69. The number of aliphatic carboxylic acids is 1. The van der Waals surface area contributed by atoms with Crippen LogP contribution >= 0.6 is 0 Å². The van der Waals surface area contributed by atoms with E-state index in [1.54, 1.807) is 12.1 Å². The average molecular weight is 282 g/mol. The van der Waals surface area contributed by atoms with Crippen LogP contribution in [0.25, 0.3) is 0 Å². The Morgan fingerprint density at radius 2 is 1.38 bits per heavy atom. The van der Waals surface area contributed by atoms with Crippen molar-refractivity contribution in [2.45, 2.75) is 12.8 Å². The fourth-order valence-corrected chi connectivity index (χ4v) is 1.96. The van der Waals surface area contributed by atoms with Gasteiger partial charge in [0.1, 0.15) is 0 Å². The first-order chi connectivity index (χ1) is 10.1. The second kappa shape index (κ2) is 6.61. The van der Waals surface area contributed by atoms with Crippen LogP contribution in [0.15, 0.2) is 54.6 Å². The van der Waals surface area contributed by atoms with E-state index in [-0.39, 0.29) is 0 Å². The van der Waals surface area contributed by atoms with Crippen LogP contribution in [0.3, 0.4) is 0 Å². The lowest BCUT2D eigenvalue weighted by atomic mass is 10.0. The summed E-state index contributed by atoms with van der Waals surface area (Å²) in [5.74, 6) is -3.15. The molecule has 21 heavy (non-hydrogen) atoms. The first kappa shape index (κ1) is 14.7. The SMILES string of the molecule is O=C(O)C(=O)CC(=O)c1ccc(Cc2ccccc2)cc1. The maximum absolute atomic E-state index is 11.7.